The van der Waals surface area contributed by atoms with Crippen molar-refractivity contribution in [3.63, 3.8) is 0 Å². The van der Waals surface area contributed by atoms with Gasteiger partial charge in [-0.2, -0.15) is 0 Å². The lowest BCUT2D eigenvalue weighted by atomic mass is 10.1. The molecule has 0 aliphatic rings. The average Bonchev–Trinajstić information content (AvgIpc) is 2.10. The summed E-state index contributed by atoms with van der Waals surface area (Å²) in [4.78, 5) is 17.8. The fourth-order valence-electron chi connectivity index (χ4n) is 1.11. The quantitative estimate of drug-likeness (QED) is 0.767. The lowest BCUT2D eigenvalue weighted by Crippen LogP contribution is -2.14. The molecular weight excluding hydrogens is 180 g/mol. The molecule has 0 aliphatic carbocycles. The number of aryl methyl sites for hydroxylation is 1. The van der Waals surface area contributed by atoms with Gasteiger partial charge in [0.05, 0.1) is 5.56 Å². The maximum absolute atomic E-state index is 11.2. The zero-order chi connectivity index (χ0) is 10.7. The van der Waals surface area contributed by atoms with Crippen LogP contribution in [0, 0.1) is 12.8 Å². The van der Waals surface area contributed by atoms with Crippen molar-refractivity contribution in [3.8, 4) is 5.88 Å². The third-order valence-electron chi connectivity index (χ3n) is 2.13. The lowest BCUT2D eigenvalue weighted by molar-refractivity contribution is 0.440. The van der Waals surface area contributed by atoms with Crippen LogP contribution in [0.5, 0.6) is 5.88 Å². The fraction of sp³-hybridized carbons (Fsp3) is 0.600. The Morgan fingerprint density at radius 3 is 2.64 bits per heavy atom. The van der Waals surface area contributed by atoms with Crippen LogP contribution >= 0.6 is 0 Å². The highest BCUT2D eigenvalue weighted by molar-refractivity contribution is 5.20. The number of aromatic amines is 1. The Hall–Kier alpha value is -1.32. The van der Waals surface area contributed by atoms with E-state index in [0.29, 0.717) is 18.2 Å². The number of rotatable bonds is 3. The molecule has 1 heterocycles. The first-order chi connectivity index (χ1) is 6.50. The number of aromatic nitrogens is 2. The molecular formula is C10H16N2O2. The normalized spacial score (nSPS) is 10.9. The van der Waals surface area contributed by atoms with Crippen LogP contribution in [0.4, 0.5) is 0 Å². The van der Waals surface area contributed by atoms with Crippen LogP contribution in [0.3, 0.4) is 0 Å². The van der Waals surface area contributed by atoms with Crippen LogP contribution in [0.25, 0.3) is 0 Å². The smallest absolute Gasteiger partial charge is 0.257 e. The van der Waals surface area contributed by atoms with E-state index in [2.05, 4.69) is 23.8 Å². The second-order valence-electron chi connectivity index (χ2n) is 3.89. The summed E-state index contributed by atoms with van der Waals surface area (Å²) in [6, 6.07) is 0. The molecule has 0 radical (unpaired) electrons. The molecule has 0 saturated heterocycles. The summed E-state index contributed by atoms with van der Waals surface area (Å²) in [5, 5.41) is 9.32. The molecule has 1 aromatic rings. The predicted molar refractivity (Wildman–Crippen MR) is 54.4 cm³/mol. The third kappa shape index (κ3) is 2.58. The number of hydrogen-bond acceptors (Lipinski definition) is 3. The maximum Gasteiger partial charge on any atom is 0.257 e. The van der Waals surface area contributed by atoms with Crippen molar-refractivity contribution in [2.45, 2.75) is 33.6 Å². The SMILES string of the molecule is Cc1c(O)nc(CCC(C)C)[nH]c1=O. The minimum absolute atomic E-state index is 0.160. The summed E-state index contributed by atoms with van der Waals surface area (Å²) < 4.78 is 0. The summed E-state index contributed by atoms with van der Waals surface area (Å²) in [6.07, 6.45) is 1.65. The van der Waals surface area contributed by atoms with Gasteiger partial charge in [-0.25, -0.2) is 4.98 Å². The molecule has 0 fully saturated rings. The molecule has 4 nitrogen and oxygen atoms in total. The first kappa shape index (κ1) is 10.8. The zero-order valence-corrected chi connectivity index (χ0v) is 8.79. The molecule has 0 unspecified atom stereocenters. The van der Waals surface area contributed by atoms with Gasteiger partial charge in [-0.05, 0) is 19.3 Å². The van der Waals surface area contributed by atoms with Gasteiger partial charge in [-0.15, -0.1) is 0 Å². The summed E-state index contributed by atoms with van der Waals surface area (Å²) in [6.45, 7) is 5.76. The average molecular weight is 196 g/mol. The first-order valence-electron chi connectivity index (χ1n) is 4.79. The Kier molecular flexibility index (Phi) is 3.28. The van der Waals surface area contributed by atoms with Crippen LogP contribution in [0.1, 0.15) is 31.7 Å². The molecule has 2 N–H and O–H groups in total. The van der Waals surface area contributed by atoms with Gasteiger partial charge in [0.2, 0.25) is 5.88 Å². The molecule has 78 valence electrons. The van der Waals surface area contributed by atoms with Gasteiger partial charge in [0, 0.05) is 6.42 Å². The van der Waals surface area contributed by atoms with Gasteiger partial charge in [0.25, 0.3) is 5.56 Å². The summed E-state index contributed by atoms with van der Waals surface area (Å²) in [5.41, 5.74) is 0.0227. The van der Waals surface area contributed by atoms with Crippen molar-refractivity contribution >= 4 is 0 Å². The number of hydrogen-bond donors (Lipinski definition) is 2. The number of nitrogens with zero attached hydrogens (tertiary/aromatic N) is 1. The first-order valence-corrected chi connectivity index (χ1v) is 4.79. The Bertz CT molecular complexity index is 369. The molecule has 14 heavy (non-hydrogen) atoms. The molecule has 0 atom stereocenters. The standard InChI is InChI=1S/C10H16N2O2/c1-6(2)4-5-8-11-9(13)7(3)10(14)12-8/h6H,4-5H2,1-3H3,(H2,11,12,13,14). The molecule has 0 aliphatic heterocycles. The Balaban J connectivity index is 2.85. The van der Waals surface area contributed by atoms with E-state index in [0.717, 1.165) is 6.42 Å². The van der Waals surface area contributed by atoms with Crippen molar-refractivity contribution in [2.24, 2.45) is 5.92 Å². The monoisotopic (exact) mass is 196 g/mol. The van der Waals surface area contributed by atoms with E-state index in [1.165, 1.54) is 0 Å². The van der Waals surface area contributed by atoms with Gasteiger partial charge in [-0.3, -0.25) is 4.79 Å². The van der Waals surface area contributed by atoms with E-state index in [1.54, 1.807) is 6.92 Å². The Morgan fingerprint density at radius 2 is 2.14 bits per heavy atom. The summed E-state index contributed by atoms with van der Waals surface area (Å²) in [5.74, 6) is 0.961. The topological polar surface area (TPSA) is 66.0 Å². The van der Waals surface area contributed by atoms with Crippen LogP contribution in [0.2, 0.25) is 0 Å². The van der Waals surface area contributed by atoms with Crippen molar-refractivity contribution in [1.82, 2.24) is 9.97 Å². The van der Waals surface area contributed by atoms with E-state index >= 15 is 0 Å². The van der Waals surface area contributed by atoms with E-state index in [1.807, 2.05) is 0 Å². The molecule has 0 amide bonds. The van der Waals surface area contributed by atoms with E-state index < -0.39 is 0 Å². The highest BCUT2D eigenvalue weighted by atomic mass is 16.3. The highest BCUT2D eigenvalue weighted by Crippen LogP contribution is 2.09. The van der Waals surface area contributed by atoms with Gasteiger partial charge in [0.15, 0.2) is 0 Å². The van der Waals surface area contributed by atoms with E-state index in [4.69, 9.17) is 0 Å². The van der Waals surface area contributed by atoms with Crippen LogP contribution in [0.15, 0.2) is 4.79 Å². The molecule has 4 heteroatoms. The molecule has 1 rings (SSSR count). The largest absolute Gasteiger partial charge is 0.493 e. The van der Waals surface area contributed by atoms with Gasteiger partial charge < -0.3 is 10.1 Å². The zero-order valence-electron chi connectivity index (χ0n) is 8.79. The van der Waals surface area contributed by atoms with Gasteiger partial charge >= 0.3 is 0 Å². The maximum atomic E-state index is 11.2. The summed E-state index contributed by atoms with van der Waals surface area (Å²) >= 11 is 0. The van der Waals surface area contributed by atoms with Crippen molar-refractivity contribution in [2.75, 3.05) is 0 Å². The second kappa shape index (κ2) is 4.26. The molecule has 1 aromatic heterocycles. The highest BCUT2D eigenvalue weighted by Gasteiger charge is 2.06. The van der Waals surface area contributed by atoms with E-state index in [9.17, 15) is 9.90 Å². The van der Waals surface area contributed by atoms with Crippen molar-refractivity contribution < 1.29 is 5.11 Å². The van der Waals surface area contributed by atoms with Crippen molar-refractivity contribution in [3.05, 3.63) is 21.7 Å². The summed E-state index contributed by atoms with van der Waals surface area (Å²) in [7, 11) is 0. The molecule has 0 spiro atoms. The van der Waals surface area contributed by atoms with E-state index in [-0.39, 0.29) is 17.0 Å². The van der Waals surface area contributed by atoms with Gasteiger partial charge in [0.1, 0.15) is 5.82 Å². The molecule has 0 aromatic carbocycles. The van der Waals surface area contributed by atoms with Crippen molar-refractivity contribution in [1.29, 1.82) is 0 Å². The third-order valence-corrected chi connectivity index (χ3v) is 2.13. The van der Waals surface area contributed by atoms with Crippen LogP contribution in [-0.2, 0) is 6.42 Å². The number of aromatic hydroxyl groups is 1. The Morgan fingerprint density at radius 1 is 1.50 bits per heavy atom. The second-order valence-corrected chi connectivity index (χ2v) is 3.89. The fourth-order valence-corrected chi connectivity index (χ4v) is 1.11. The lowest BCUT2D eigenvalue weighted by Gasteiger charge is -2.04. The minimum Gasteiger partial charge on any atom is -0.493 e. The predicted octanol–water partition coefficient (Wildman–Crippen LogP) is 1.37. The van der Waals surface area contributed by atoms with Gasteiger partial charge in [-0.1, -0.05) is 13.8 Å². The van der Waals surface area contributed by atoms with Crippen LogP contribution < -0.4 is 5.56 Å². The van der Waals surface area contributed by atoms with Crippen LogP contribution in [-0.4, -0.2) is 15.1 Å². The minimum atomic E-state index is -0.253. The Labute approximate surface area is 83.0 Å². The number of nitrogens with one attached hydrogen (secondary N) is 1. The molecule has 0 bridgehead atoms. The number of H-pyrrole nitrogens is 1. The molecule has 0 saturated carbocycles.